The molecule has 12 heteroatoms. The minimum absolute atomic E-state index is 0.123. The van der Waals surface area contributed by atoms with Crippen molar-refractivity contribution in [3.05, 3.63) is 82.4 Å². The average molecular weight is 548 g/mol. The van der Waals surface area contributed by atoms with Crippen molar-refractivity contribution in [3.63, 3.8) is 0 Å². The number of fused-ring (bicyclic) bond motifs is 2. The molecular formula is C28H33N7O5. The zero-order valence-corrected chi connectivity index (χ0v) is 22.6. The highest BCUT2D eigenvalue weighted by Crippen LogP contribution is 2.26. The van der Waals surface area contributed by atoms with Crippen LogP contribution in [0.2, 0.25) is 0 Å². The topological polar surface area (TPSA) is 157 Å². The number of carbonyl (C=O) groups is 1. The van der Waals surface area contributed by atoms with E-state index < -0.39 is 6.10 Å². The van der Waals surface area contributed by atoms with Crippen molar-refractivity contribution in [2.24, 2.45) is 0 Å². The van der Waals surface area contributed by atoms with Gasteiger partial charge in [-0.2, -0.15) is 0 Å². The molecule has 4 heterocycles. The molecule has 2 aliphatic heterocycles. The second-order valence-electron chi connectivity index (χ2n) is 9.89. The maximum absolute atomic E-state index is 13.3. The molecule has 12 nitrogen and oxygen atoms in total. The molecule has 0 bridgehead atoms. The maximum atomic E-state index is 13.3. The number of nitrogens with two attached hydrogens (primary N) is 1. The first-order valence-electron chi connectivity index (χ1n) is 13.2. The summed E-state index contributed by atoms with van der Waals surface area (Å²) in [6.07, 6.45) is 0.792. The summed E-state index contributed by atoms with van der Waals surface area (Å²) in [5, 5.41) is 25.5. The van der Waals surface area contributed by atoms with E-state index in [2.05, 4.69) is 54.0 Å². The van der Waals surface area contributed by atoms with E-state index in [1.807, 2.05) is 18.2 Å². The molecule has 2 aromatic heterocycles. The molecule has 0 radical (unpaired) electrons. The third-order valence-corrected chi connectivity index (χ3v) is 6.76. The molecule has 0 aliphatic carbocycles. The quantitative estimate of drug-likeness (QED) is 0.365. The Morgan fingerprint density at radius 1 is 0.975 bits per heavy atom. The molecule has 4 aromatic rings. The number of aliphatic hydroxyl groups excluding tert-OH is 1. The highest BCUT2D eigenvalue weighted by Gasteiger charge is 2.27. The lowest BCUT2D eigenvalue weighted by molar-refractivity contribution is 0.0501. The number of β-amino-alcohol motifs (C(OH)–C–C–N with tert-alkyl or cyclic N) is 1. The molecule has 0 spiro atoms. The fourth-order valence-corrected chi connectivity index (χ4v) is 4.91. The molecule has 1 amide bonds. The van der Waals surface area contributed by atoms with Gasteiger partial charge in [0.2, 0.25) is 17.7 Å². The van der Waals surface area contributed by atoms with E-state index in [-0.39, 0.29) is 18.5 Å². The Kier molecular flexibility index (Phi) is 8.37. The second-order valence-corrected chi connectivity index (χ2v) is 9.89. The lowest BCUT2D eigenvalue weighted by Gasteiger charge is -2.32. The summed E-state index contributed by atoms with van der Waals surface area (Å²) in [7, 11) is 0. The number of aryl methyl sites for hydroxylation is 2. The van der Waals surface area contributed by atoms with Gasteiger partial charge in [0.25, 0.3) is 5.91 Å². The van der Waals surface area contributed by atoms with Crippen LogP contribution in [-0.4, -0.2) is 80.1 Å². The molecule has 210 valence electrons. The summed E-state index contributed by atoms with van der Waals surface area (Å²) in [5.74, 6) is 1.95. The van der Waals surface area contributed by atoms with Crippen LogP contribution in [0.5, 0.6) is 5.75 Å². The van der Waals surface area contributed by atoms with Crippen molar-refractivity contribution in [3.8, 4) is 5.75 Å². The summed E-state index contributed by atoms with van der Waals surface area (Å²) in [6, 6.07) is 14.1. The molecular weight excluding hydrogens is 514 g/mol. The highest BCUT2D eigenvalue weighted by molar-refractivity contribution is 5.97. The van der Waals surface area contributed by atoms with Crippen molar-refractivity contribution < 1.29 is 23.5 Å². The Bertz CT molecular complexity index is 1440. The number of benzene rings is 2. The lowest BCUT2D eigenvalue weighted by atomic mass is 10.00. The standard InChI is InChI=1S/C25H28N4O4.C3H5N3O/c1-17-26-27-24(33-17)13-18-6-7-23-22(12-18)25(31)29(10-11-32-23)16-21(30)15-28-9-8-19-4-2-3-5-20(19)14-28;1-2-5-6-3(4)7-2/h2-7,12,21,30H,8-11,13-16H2,1H3;1H3,(H2,4,6)/t21-;/m1./s1. The number of rotatable bonds is 6. The van der Waals surface area contributed by atoms with Crippen LogP contribution < -0.4 is 10.5 Å². The zero-order valence-electron chi connectivity index (χ0n) is 22.6. The Morgan fingerprint density at radius 3 is 2.45 bits per heavy atom. The number of aromatic nitrogens is 4. The fraction of sp³-hybridized carbons (Fsp3) is 0.393. The Hall–Kier alpha value is -4.29. The van der Waals surface area contributed by atoms with Gasteiger partial charge in [-0.25, -0.2) is 0 Å². The fourth-order valence-electron chi connectivity index (χ4n) is 4.91. The normalized spacial score (nSPS) is 15.8. The molecule has 2 aromatic carbocycles. The minimum atomic E-state index is -0.634. The summed E-state index contributed by atoms with van der Waals surface area (Å²) in [5.41, 5.74) is 9.12. The Labute approximate surface area is 231 Å². The second kappa shape index (κ2) is 12.3. The number of nitrogens with zero attached hydrogens (tertiary/aromatic N) is 6. The molecule has 40 heavy (non-hydrogen) atoms. The lowest BCUT2D eigenvalue weighted by Crippen LogP contribution is -2.44. The number of hydrogen-bond acceptors (Lipinski definition) is 11. The van der Waals surface area contributed by atoms with Crippen LogP contribution in [0.3, 0.4) is 0 Å². The Balaban J connectivity index is 0.000000403. The molecule has 6 rings (SSSR count). The van der Waals surface area contributed by atoms with Crippen molar-refractivity contribution >= 4 is 11.9 Å². The van der Waals surface area contributed by atoms with Crippen molar-refractivity contribution in [2.45, 2.75) is 39.3 Å². The SMILES string of the molecule is Cc1nnc(Cc2ccc3c(c2)C(=O)N(C[C@H](O)CN2CCc4ccccc4C2)CCO3)o1.Cc1nnc(N)o1. The van der Waals surface area contributed by atoms with Crippen LogP contribution in [-0.2, 0) is 19.4 Å². The van der Waals surface area contributed by atoms with Gasteiger partial charge in [0, 0.05) is 40.0 Å². The molecule has 3 N–H and O–H groups in total. The first kappa shape index (κ1) is 27.3. The van der Waals surface area contributed by atoms with E-state index in [1.54, 1.807) is 18.7 Å². The summed E-state index contributed by atoms with van der Waals surface area (Å²) in [6.45, 7) is 6.80. The minimum Gasteiger partial charge on any atom is -0.491 e. The number of carbonyl (C=O) groups excluding carboxylic acids is 1. The van der Waals surface area contributed by atoms with Crippen molar-refractivity contribution in [1.82, 2.24) is 30.2 Å². The van der Waals surface area contributed by atoms with Crippen LogP contribution in [0.15, 0.2) is 51.3 Å². The van der Waals surface area contributed by atoms with Crippen molar-refractivity contribution in [1.29, 1.82) is 0 Å². The van der Waals surface area contributed by atoms with Gasteiger partial charge >= 0.3 is 6.01 Å². The van der Waals surface area contributed by atoms with E-state index in [0.29, 0.717) is 55.1 Å². The molecule has 0 saturated carbocycles. The van der Waals surface area contributed by atoms with Gasteiger partial charge in [-0.15, -0.1) is 15.3 Å². The van der Waals surface area contributed by atoms with Crippen molar-refractivity contribution in [2.75, 3.05) is 38.5 Å². The van der Waals surface area contributed by atoms with E-state index in [0.717, 1.165) is 25.1 Å². The largest absolute Gasteiger partial charge is 0.491 e. The third-order valence-electron chi connectivity index (χ3n) is 6.76. The highest BCUT2D eigenvalue weighted by atomic mass is 16.5. The van der Waals surface area contributed by atoms with Crippen LogP contribution >= 0.6 is 0 Å². The molecule has 2 aliphatic rings. The molecule has 1 atom stereocenters. The predicted octanol–water partition coefficient (Wildman–Crippen LogP) is 2.18. The van der Waals surface area contributed by atoms with E-state index in [4.69, 9.17) is 14.9 Å². The van der Waals surface area contributed by atoms with Gasteiger partial charge in [0.05, 0.1) is 24.6 Å². The van der Waals surface area contributed by atoms with Gasteiger partial charge in [0.1, 0.15) is 12.4 Å². The van der Waals surface area contributed by atoms with Crippen LogP contribution in [0, 0.1) is 13.8 Å². The number of nitrogen functional groups attached to an aromatic ring is 1. The smallest absolute Gasteiger partial charge is 0.312 e. The summed E-state index contributed by atoms with van der Waals surface area (Å²) < 4.78 is 15.9. The number of ether oxygens (including phenoxy) is 1. The summed E-state index contributed by atoms with van der Waals surface area (Å²) >= 11 is 0. The summed E-state index contributed by atoms with van der Waals surface area (Å²) in [4.78, 5) is 17.3. The number of amides is 1. The predicted molar refractivity (Wildman–Crippen MR) is 145 cm³/mol. The molecule has 0 unspecified atom stereocenters. The first-order valence-corrected chi connectivity index (χ1v) is 13.2. The van der Waals surface area contributed by atoms with Gasteiger partial charge in [-0.1, -0.05) is 35.4 Å². The van der Waals surface area contributed by atoms with Gasteiger partial charge in [-0.05, 0) is 35.2 Å². The monoisotopic (exact) mass is 547 g/mol. The number of hydrogen-bond donors (Lipinski definition) is 2. The van der Waals surface area contributed by atoms with E-state index >= 15 is 0 Å². The Morgan fingerprint density at radius 2 is 1.75 bits per heavy atom. The zero-order chi connectivity index (χ0) is 28.1. The van der Waals surface area contributed by atoms with Crippen LogP contribution in [0.1, 0.15) is 44.7 Å². The first-order chi connectivity index (χ1) is 19.3. The van der Waals surface area contributed by atoms with Gasteiger partial charge < -0.3 is 29.3 Å². The molecule has 0 fully saturated rings. The molecule has 0 saturated heterocycles. The van der Waals surface area contributed by atoms with Crippen LogP contribution in [0.4, 0.5) is 6.01 Å². The van der Waals surface area contributed by atoms with E-state index in [1.165, 1.54) is 11.1 Å². The van der Waals surface area contributed by atoms with E-state index in [9.17, 15) is 9.90 Å². The average Bonchev–Trinajstić information content (AvgIpc) is 3.50. The van der Waals surface area contributed by atoms with Gasteiger partial charge in [0.15, 0.2) is 0 Å². The number of aliphatic hydroxyl groups is 1. The van der Waals surface area contributed by atoms with Gasteiger partial charge in [-0.3, -0.25) is 9.69 Å². The van der Waals surface area contributed by atoms with Crippen LogP contribution in [0.25, 0.3) is 0 Å². The maximum Gasteiger partial charge on any atom is 0.312 e. The third kappa shape index (κ3) is 6.82. The number of anilines is 1.